The van der Waals surface area contributed by atoms with Gasteiger partial charge in [-0.2, -0.15) is 0 Å². The second-order valence-electron chi connectivity index (χ2n) is 8.14. The number of carbonyl (C=O) groups is 1. The molecular formula is C19H23ClFNO2. The number of nitrogens with one attached hydrogen (secondary N) is 1. The Labute approximate surface area is 146 Å². The van der Waals surface area contributed by atoms with Gasteiger partial charge in [0, 0.05) is 11.6 Å². The average Bonchev–Trinajstić information content (AvgIpc) is 2.50. The highest BCUT2D eigenvalue weighted by atomic mass is 35.5. The summed E-state index contributed by atoms with van der Waals surface area (Å²) < 4.78 is 20.3. The second-order valence-corrected chi connectivity index (χ2v) is 8.58. The number of carbonyl (C=O) groups excluding carboxylic acids is 1. The van der Waals surface area contributed by atoms with Crippen molar-refractivity contribution in [2.45, 2.75) is 44.2 Å². The fraction of sp³-hybridized carbons (Fsp3) is 0.632. The zero-order chi connectivity index (χ0) is 16.9. The third-order valence-corrected chi connectivity index (χ3v) is 6.38. The minimum absolute atomic E-state index is 0.0691. The Bertz CT molecular complexity index is 663. The van der Waals surface area contributed by atoms with Crippen molar-refractivity contribution in [2.75, 3.05) is 13.7 Å². The van der Waals surface area contributed by atoms with E-state index < -0.39 is 5.67 Å². The first-order valence-corrected chi connectivity index (χ1v) is 9.09. The summed E-state index contributed by atoms with van der Waals surface area (Å²) in [5, 5.41) is 3.53. The van der Waals surface area contributed by atoms with Gasteiger partial charge >= 0.3 is 0 Å². The van der Waals surface area contributed by atoms with Crippen molar-refractivity contribution < 1.29 is 13.9 Å². The Hall–Kier alpha value is -1.29. The molecule has 4 aliphatic carbocycles. The van der Waals surface area contributed by atoms with Gasteiger partial charge in [-0.25, -0.2) is 4.39 Å². The molecule has 0 aromatic heterocycles. The van der Waals surface area contributed by atoms with E-state index in [1.54, 1.807) is 18.2 Å². The van der Waals surface area contributed by atoms with E-state index in [1.807, 2.05) is 0 Å². The molecule has 0 heterocycles. The third-order valence-electron chi connectivity index (χ3n) is 6.14. The smallest absolute Gasteiger partial charge is 0.255 e. The molecule has 0 radical (unpaired) electrons. The topological polar surface area (TPSA) is 38.3 Å². The van der Waals surface area contributed by atoms with Crippen molar-refractivity contribution in [3.05, 3.63) is 28.8 Å². The molecule has 0 spiro atoms. The van der Waals surface area contributed by atoms with Gasteiger partial charge in [0.05, 0.1) is 12.7 Å². The Morgan fingerprint density at radius 2 is 2.04 bits per heavy atom. The van der Waals surface area contributed by atoms with Crippen LogP contribution in [-0.4, -0.2) is 25.2 Å². The molecule has 2 atom stereocenters. The predicted molar refractivity (Wildman–Crippen MR) is 91.3 cm³/mol. The molecule has 5 heteroatoms. The first kappa shape index (κ1) is 16.2. The molecule has 1 N–H and O–H groups in total. The number of hydrogen-bond donors (Lipinski definition) is 1. The van der Waals surface area contributed by atoms with E-state index in [0.29, 0.717) is 41.1 Å². The first-order chi connectivity index (χ1) is 11.4. The summed E-state index contributed by atoms with van der Waals surface area (Å²) in [6.45, 7) is 0.542. The lowest BCUT2D eigenvalue weighted by Gasteiger charge is -2.59. The quantitative estimate of drug-likeness (QED) is 0.873. The van der Waals surface area contributed by atoms with E-state index in [9.17, 15) is 9.18 Å². The van der Waals surface area contributed by atoms with Crippen LogP contribution in [0, 0.1) is 17.3 Å². The van der Waals surface area contributed by atoms with Gasteiger partial charge in [0.15, 0.2) is 0 Å². The summed E-state index contributed by atoms with van der Waals surface area (Å²) in [5.41, 5.74) is -0.632. The zero-order valence-electron chi connectivity index (χ0n) is 13.9. The van der Waals surface area contributed by atoms with Crippen LogP contribution in [0.4, 0.5) is 4.39 Å². The lowest BCUT2D eigenvalue weighted by atomic mass is 9.48. The lowest BCUT2D eigenvalue weighted by Crippen LogP contribution is -2.57. The average molecular weight is 352 g/mol. The summed E-state index contributed by atoms with van der Waals surface area (Å²) in [5.74, 6) is 1.30. The molecule has 4 fully saturated rings. The minimum atomic E-state index is -0.997. The van der Waals surface area contributed by atoms with E-state index in [2.05, 4.69) is 5.32 Å². The van der Waals surface area contributed by atoms with Gasteiger partial charge < -0.3 is 10.1 Å². The van der Waals surface area contributed by atoms with E-state index in [-0.39, 0.29) is 11.3 Å². The Kier molecular flexibility index (Phi) is 3.79. The molecule has 4 aliphatic rings. The van der Waals surface area contributed by atoms with Crippen molar-refractivity contribution in [1.29, 1.82) is 0 Å². The summed E-state index contributed by atoms with van der Waals surface area (Å²) in [6.07, 6.45) is 5.30. The number of methoxy groups -OCH3 is 1. The van der Waals surface area contributed by atoms with Gasteiger partial charge in [-0.05, 0) is 74.0 Å². The zero-order valence-corrected chi connectivity index (χ0v) is 14.7. The molecule has 0 aliphatic heterocycles. The summed E-state index contributed by atoms with van der Waals surface area (Å²) in [4.78, 5) is 12.6. The summed E-state index contributed by atoms with van der Waals surface area (Å²) in [6, 6.07) is 5.01. The van der Waals surface area contributed by atoms with Gasteiger partial charge in [0.1, 0.15) is 11.4 Å². The molecule has 0 saturated heterocycles. The number of amides is 1. The van der Waals surface area contributed by atoms with Crippen LogP contribution < -0.4 is 10.1 Å². The number of ether oxygens (including phenoxy) is 1. The maximum atomic E-state index is 15.0. The number of halogens is 2. The van der Waals surface area contributed by atoms with Crippen LogP contribution in [0.1, 0.15) is 48.9 Å². The third kappa shape index (κ3) is 2.79. The Morgan fingerprint density at radius 3 is 2.67 bits per heavy atom. The fourth-order valence-corrected chi connectivity index (χ4v) is 5.94. The molecule has 1 amide bonds. The van der Waals surface area contributed by atoms with E-state index >= 15 is 0 Å². The highest BCUT2D eigenvalue weighted by molar-refractivity contribution is 6.31. The van der Waals surface area contributed by atoms with Crippen molar-refractivity contribution in [3.8, 4) is 5.75 Å². The largest absolute Gasteiger partial charge is 0.496 e. The number of hydrogen-bond acceptors (Lipinski definition) is 2. The molecule has 130 valence electrons. The van der Waals surface area contributed by atoms with Crippen molar-refractivity contribution in [1.82, 2.24) is 5.32 Å². The molecule has 24 heavy (non-hydrogen) atoms. The van der Waals surface area contributed by atoms with Crippen LogP contribution in [0.3, 0.4) is 0 Å². The standard InChI is InChI=1S/C19H23ClFNO2/c1-24-16-3-2-14(20)5-15(16)17(23)22-11-18-6-12-4-13(7-18)9-19(21,8-12)10-18/h2-3,5,12-13H,4,6-11H2,1H3,(H,22,23). The van der Waals surface area contributed by atoms with Crippen molar-refractivity contribution >= 4 is 17.5 Å². The molecule has 4 saturated carbocycles. The predicted octanol–water partition coefficient (Wildman–Crippen LogP) is 4.39. The summed E-state index contributed by atoms with van der Waals surface area (Å²) >= 11 is 6.01. The lowest BCUT2D eigenvalue weighted by molar-refractivity contribution is -0.121. The van der Waals surface area contributed by atoms with Gasteiger partial charge in [0.25, 0.3) is 5.91 Å². The van der Waals surface area contributed by atoms with Crippen LogP contribution in [0.2, 0.25) is 5.02 Å². The molecule has 1 aromatic rings. The minimum Gasteiger partial charge on any atom is -0.496 e. The van der Waals surface area contributed by atoms with E-state index in [4.69, 9.17) is 16.3 Å². The molecule has 5 rings (SSSR count). The van der Waals surface area contributed by atoms with Crippen molar-refractivity contribution in [3.63, 3.8) is 0 Å². The molecule has 3 nitrogen and oxygen atoms in total. The maximum Gasteiger partial charge on any atom is 0.255 e. The van der Waals surface area contributed by atoms with Crippen molar-refractivity contribution in [2.24, 2.45) is 17.3 Å². The van der Waals surface area contributed by atoms with Gasteiger partial charge in [-0.3, -0.25) is 4.79 Å². The number of alkyl halides is 1. The second kappa shape index (κ2) is 5.62. The van der Waals surface area contributed by atoms with Crippen LogP contribution in [0.25, 0.3) is 0 Å². The monoisotopic (exact) mass is 351 g/mol. The Morgan fingerprint density at radius 1 is 1.33 bits per heavy atom. The van der Waals surface area contributed by atoms with E-state index in [0.717, 1.165) is 25.7 Å². The highest BCUT2D eigenvalue weighted by Crippen LogP contribution is 2.62. The molecule has 4 bridgehead atoms. The number of rotatable bonds is 4. The van der Waals surface area contributed by atoms with Gasteiger partial charge in [-0.1, -0.05) is 11.6 Å². The van der Waals surface area contributed by atoms with Crippen LogP contribution in [0.5, 0.6) is 5.75 Å². The Balaban J connectivity index is 1.49. The van der Waals surface area contributed by atoms with Gasteiger partial charge in [0.2, 0.25) is 0 Å². The fourth-order valence-electron chi connectivity index (χ4n) is 5.76. The molecule has 2 unspecified atom stereocenters. The van der Waals surface area contributed by atoms with Crippen LogP contribution >= 0.6 is 11.6 Å². The van der Waals surface area contributed by atoms with Crippen LogP contribution in [-0.2, 0) is 0 Å². The first-order valence-electron chi connectivity index (χ1n) is 8.71. The SMILES string of the molecule is COc1ccc(Cl)cc1C(=O)NCC12CC3CC(CC(F)(C3)C1)C2. The van der Waals surface area contributed by atoms with E-state index in [1.165, 1.54) is 13.5 Å². The maximum absolute atomic E-state index is 15.0. The molecular weight excluding hydrogens is 329 g/mol. The number of benzene rings is 1. The molecule has 1 aromatic carbocycles. The van der Waals surface area contributed by atoms with Crippen LogP contribution in [0.15, 0.2) is 18.2 Å². The summed E-state index contributed by atoms with van der Waals surface area (Å²) in [7, 11) is 1.53. The highest BCUT2D eigenvalue weighted by Gasteiger charge is 2.58. The van der Waals surface area contributed by atoms with Gasteiger partial charge in [-0.15, -0.1) is 0 Å². The normalized spacial score (nSPS) is 36.6.